The highest BCUT2D eigenvalue weighted by atomic mass is 28.3. The molecule has 0 saturated carbocycles. The lowest BCUT2D eigenvalue weighted by Crippen LogP contribution is -2.37. The van der Waals surface area contributed by atoms with E-state index in [1.807, 2.05) is 0 Å². The van der Waals surface area contributed by atoms with E-state index in [0.29, 0.717) is 0 Å². The molecule has 21 aromatic rings. The standard InChI is InChI=1S/C58H44N2.C49H36N2Si/c1-2-3-4-5-14-38-25-29-42(30-26-38)59-54-23-10-8-19-47(54)52-36-39(27-33-56(52)59)40-28-34-57-53(37-40)48-20-9-11-24-55(48)60(57)43-16-12-15-41(35-43)44-31-32-51-46-18-7-6-17-45(46)50-22-13-21-49(44)58(50)51;1-52(2,3)34-23-21-33(22-24-34)50-44-17-8-6-13-37(44)42-29-31(19-26-47(42)50)32-20-27-48-43(30-32)38-14-7-9-18-45(38)51(48)46-28-25-40-36-12-5-4-11-35(36)39-15-10-16-41(46)49(39)40/h6-13,15-37H,2-5,14H2,1H3;4-30H,1-3H3. The Morgan fingerprint density at radius 1 is 0.223 bits per heavy atom. The summed E-state index contributed by atoms with van der Waals surface area (Å²) < 4.78 is 9.78. The topological polar surface area (TPSA) is 19.7 Å². The number of nitrogens with zero attached hydrogens (tertiary/aromatic N) is 4. The minimum atomic E-state index is -1.39. The van der Waals surface area contributed by atoms with Gasteiger partial charge in [-0.3, -0.25) is 0 Å². The second-order valence-corrected chi connectivity index (χ2v) is 37.1. The van der Waals surface area contributed by atoms with Gasteiger partial charge in [-0.1, -0.05) is 288 Å². The first-order chi connectivity index (χ1) is 55.2. The zero-order valence-electron chi connectivity index (χ0n) is 63.3. The summed E-state index contributed by atoms with van der Waals surface area (Å²) in [7, 11) is -1.39. The van der Waals surface area contributed by atoms with Gasteiger partial charge < -0.3 is 18.3 Å². The molecule has 0 N–H and O–H groups in total. The molecule has 0 saturated heterocycles. The van der Waals surface area contributed by atoms with E-state index in [2.05, 4.69) is 397 Å². The number of unbranched alkanes of at least 4 members (excludes halogenated alkanes) is 3. The minimum absolute atomic E-state index is 1.15. The smallest absolute Gasteiger partial charge is 0.0775 e. The van der Waals surface area contributed by atoms with Crippen LogP contribution < -0.4 is 5.19 Å². The van der Waals surface area contributed by atoms with Crippen molar-refractivity contribution in [3.8, 4) is 101 Å². The molecule has 2 aliphatic rings. The number of hydrogen-bond donors (Lipinski definition) is 0. The molecule has 0 atom stereocenters. The summed E-state index contributed by atoms with van der Waals surface area (Å²) in [6.07, 6.45) is 6.30. The lowest BCUT2D eigenvalue weighted by atomic mass is 9.94. The fraction of sp³-hybridized carbons (Fsp3) is 0.0841. The number of hydrogen-bond acceptors (Lipinski definition) is 0. The highest BCUT2D eigenvalue weighted by molar-refractivity contribution is 6.88. The summed E-state index contributed by atoms with van der Waals surface area (Å²) in [5.74, 6) is 0. The molecule has 0 amide bonds. The summed E-state index contributed by atoms with van der Waals surface area (Å²) in [6, 6.07) is 132. The number of para-hydroxylation sites is 4. The fourth-order valence-corrected chi connectivity index (χ4v) is 20.4. The SMILES string of the molecule is CCCCCCc1ccc(-n2c3ccccc3c3cc(-c4ccc5c(c4)c4ccccc4n5-c4cccc(-c5ccc6c7c(cccc57)-c5ccccc5-6)c4)ccc32)cc1.C[Si](C)(C)c1ccc(-n2c3ccccc3c3cc(-c4ccc5c(c4)c4ccccc4n5-c4ccc5c6c(cccc46)-c4ccccc4-5)ccc32)cc1. The van der Waals surface area contributed by atoms with Crippen LogP contribution in [-0.4, -0.2) is 26.3 Å². The molecular weight excluding hydrogens is 1370 g/mol. The van der Waals surface area contributed by atoms with Gasteiger partial charge in [0.1, 0.15) is 0 Å². The third-order valence-electron chi connectivity index (χ3n) is 24.6. The summed E-state index contributed by atoms with van der Waals surface area (Å²) in [6.45, 7) is 9.50. The zero-order chi connectivity index (χ0) is 74.5. The van der Waals surface area contributed by atoms with Gasteiger partial charge in [-0.25, -0.2) is 0 Å². The number of aromatic nitrogens is 4. The maximum Gasteiger partial charge on any atom is 0.0775 e. The second-order valence-electron chi connectivity index (χ2n) is 32.0. The van der Waals surface area contributed by atoms with Crippen molar-refractivity contribution >= 4 is 122 Å². The molecule has 0 spiro atoms. The summed E-state index contributed by atoms with van der Waals surface area (Å²) in [5, 5.41) is 16.9. The largest absolute Gasteiger partial charge is 0.309 e. The van der Waals surface area contributed by atoms with E-state index in [-0.39, 0.29) is 0 Å². The summed E-state index contributed by atoms with van der Waals surface area (Å²) >= 11 is 0. The van der Waals surface area contributed by atoms with Gasteiger partial charge in [0.05, 0.1) is 57.9 Å². The van der Waals surface area contributed by atoms with Crippen molar-refractivity contribution in [2.24, 2.45) is 0 Å². The predicted molar refractivity (Wildman–Crippen MR) is 481 cm³/mol. The van der Waals surface area contributed by atoms with Crippen molar-refractivity contribution in [1.82, 2.24) is 18.3 Å². The quantitative estimate of drug-likeness (QED) is 0.0810. The molecule has 4 aromatic heterocycles. The number of benzene rings is 17. The first kappa shape index (κ1) is 65.7. The molecule has 5 heteroatoms. The lowest BCUT2D eigenvalue weighted by Gasteiger charge is -2.17. The van der Waals surface area contributed by atoms with E-state index in [9.17, 15) is 0 Å². The Kier molecular flexibility index (Phi) is 15.2. The van der Waals surface area contributed by atoms with Gasteiger partial charge in [-0.2, -0.15) is 0 Å². The Bertz CT molecular complexity index is 7390. The van der Waals surface area contributed by atoms with E-state index >= 15 is 0 Å². The van der Waals surface area contributed by atoms with Crippen LogP contribution in [0.5, 0.6) is 0 Å². The molecule has 112 heavy (non-hydrogen) atoms. The monoisotopic (exact) mass is 1450 g/mol. The molecular formula is C107H80N4Si. The van der Waals surface area contributed by atoms with E-state index in [1.165, 1.54) is 240 Å². The molecule has 0 unspecified atom stereocenters. The average molecular weight is 1450 g/mol. The van der Waals surface area contributed by atoms with E-state index in [0.717, 1.165) is 12.1 Å². The first-order valence-electron chi connectivity index (χ1n) is 39.9. The minimum Gasteiger partial charge on any atom is -0.309 e. The highest BCUT2D eigenvalue weighted by Crippen LogP contribution is 2.52. The number of rotatable bonds is 13. The third-order valence-corrected chi connectivity index (χ3v) is 26.7. The predicted octanol–water partition coefficient (Wildman–Crippen LogP) is 29.0. The lowest BCUT2D eigenvalue weighted by molar-refractivity contribution is 0.667. The van der Waals surface area contributed by atoms with Crippen molar-refractivity contribution < 1.29 is 0 Å². The van der Waals surface area contributed by atoms with Crippen molar-refractivity contribution in [2.45, 2.75) is 58.7 Å². The van der Waals surface area contributed by atoms with Crippen LogP contribution in [0, 0.1) is 0 Å². The molecule has 23 rings (SSSR count). The van der Waals surface area contributed by atoms with Gasteiger partial charge in [0, 0.05) is 65.5 Å². The second kappa shape index (κ2) is 25.9. The first-order valence-corrected chi connectivity index (χ1v) is 43.4. The molecule has 0 aliphatic heterocycles. The molecule has 4 heterocycles. The summed E-state index contributed by atoms with van der Waals surface area (Å²) in [4.78, 5) is 0. The van der Waals surface area contributed by atoms with Crippen molar-refractivity contribution in [3.05, 3.63) is 357 Å². The van der Waals surface area contributed by atoms with Crippen LogP contribution in [-0.2, 0) is 6.42 Å². The van der Waals surface area contributed by atoms with Crippen molar-refractivity contribution in [1.29, 1.82) is 0 Å². The fourth-order valence-electron chi connectivity index (χ4n) is 19.2. The molecule has 2 aliphatic carbocycles. The molecule has 4 nitrogen and oxygen atoms in total. The molecule has 0 bridgehead atoms. The van der Waals surface area contributed by atoms with Gasteiger partial charge in [0.15, 0.2) is 0 Å². The van der Waals surface area contributed by atoms with E-state index < -0.39 is 8.07 Å². The van der Waals surface area contributed by atoms with Gasteiger partial charge in [0.25, 0.3) is 0 Å². The van der Waals surface area contributed by atoms with Gasteiger partial charge in [0.2, 0.25) is 0 Å². The Morgan fingerprint density at radius 3 is 1.05 bits per heavy atom. The average Bonchev–Trinajstić information content (AvgIpc) is 1.56. The van der Waals surface area contributed by atoms with E-state index in [4.69, 9.17) is 0 Å². The van der Waals surface area contributed by atoms with Crippen LogP contribution in [0.25, 0.3) is 209 Å². The van der Waals surface area contributed by atoms with Crippen molar-refractivity contribution in [2.75, 3.05) is 0 Å². The number of fused-ring (bicyclic) bond motifs is 18. The molecule has 0 fully saturated rings. The maximum absolute atomic E-state index is 2.48. The van der Waals surface area contributed by atoms with Gasteiger partial charge >= 0.3 is 0 Å². The molecule has 0 radical (unpaired) electrons. The molecule has 532 valence electrons. The Labute approximate surface area is 652 Å². The zero-order valence-corrected chi connectivity index (χ0v) is 64.3. The normalized spacial score (nSPS) is 12.3. The van der Waals surface area contributed by atoms with Crippen LogP contribution in [0.4, 0.5) is 0 Å². The Morgan fingerprint density at radius 2 is 0.580 bits per heavy atom. The maximum atomic E-state index is 2.48. The summed E-state index contributed by atoms with van der Waals surface area (Å²) in [5.41, 5.74) is 34.1. The van der Waals surface area contributed by atoms with E-state index in [1.54, 1.807) is 0 Å². The van der Waals surface area contributed by atoms with Crippen LogP contribution in [0.3, 0.4) is 0 Å². The van der Waals surface area contributed by atoms with Gasteiger partial charge in [-0.15, -0.1) is 0 Å². The van der Waals surface area contributed by atoms with Crippen LogP contribution >= 0.6 is 0 Å². The Hall–Kier alpha value is -13.3. The number of aryl methyl sites for hydroxylation is 1. The third kappa shape index (κ3) is 10.3. The van der Waals surface area contributed by atoms with Gasteiger partial charge in [-0.05, 0) is 228 Å². The van der Waals surface area contributed by atoms with Crippen molar-refractivity contribution in [3.63, 3.8) is 0 Å². The highest BCUT2D eigenvalue weighted by Gasteiger charge is 2.27. The molecule has 17 aromatic carbocycles. The Balaban J connectivity index is 0.000000139. The van der Waals surface area contributed by atoms with Crippen LogP contribution in [0.1, 0.15) is 38.2 Å². The van der Waals surface area contributed by atoms with Crippen LogP contribution in [0.15, 0.2) is 352 Å². The van der Waals surface area contributed by atoms with Crippen LogP contribution in [0.2, 0.25) is 19.6 Å².